The summed E-state index contributed by atoms with van der Waals surface area (Å²) in [5.41, 5.74) is 14.2. The highest BCUT2D eigenvalue weighted by molar-refractivity contribution is 6.00. The second-order valence-corrected chi connectivity index (χ2v) is 30.4. The summed E-state index contributed by atoms with van der Waals surface area (Å²) in [5, 5.41) is 82.0. The molecule has 0 aliphatic rings. The first-order valence-electron chi connectivity index (χ1n) is 40.8. The molecule has 11 amide bonds. The van der Waals surface area contributed by atoms with Gasteiger partial charge >= 0.3 is 5.97 Å². The smallest absolute Gasteiger partial charge is 0.326 e. The monoisotopic (exact) mass is 1620 g/mol. The number of carbonyl (C=O) groups is 12. The van der Waals surface area contributed by atoms with Crippen molar-refractivity contribution < 1.29 is 83.1 Å². The number of para-hydroxylation sites is 1. The normalized spacial score (nSPS) is 14.7. The molecule has 3 aromatic carbocycles. The summed E-state index contributed by atoms with van der Waals surface area (Å²) < 4.78 is 0. The van der Waals surface area contributed by atoms with Crippen molar-refractivity contribution >= 4 is 81.9 Å². The van der Waals surface area contributed by atoms with Crippen LogP contribution in [0.25, 0.3) is 10.9 Å². The van der Waals surface area contributed by atoms with Crippen molar-refractivity contribution in [3.63, 3.8) is 0 Å². The van der Waals surface area contributed by atoms with Gasteiger partial charge in [0, 0.05) is 67.6 Å². The highest BCUT2D eigenvalue weighted by Crippen LogP contribution is 2.21. The molecule has 0 bridgehead atoms. The van der Waals surface area contributed by atoms with Crippen LogP contribution < -0.4 is 70.0 Å². The molecule has 2 aromatic heterocycles. The Kier molecular flexibility index (Phi) is 43.4. The minimum absolute atomic E-state index is 0.000760. The number of aliphatic carboxylic acids is 1. The number of hydrogen-bond donors (Lipinski definition) is 20. The molecule has 0 unspecified atom stereocenters. The summed E-state index contributed by atoms with van der Waals surface area (Å²) in [6.45, 7) is 9.00. The fourth-order valence-corrected chi connectivity index (χ4v) is 13.2. The van der Waals surface area contributed by atoms with E-state index >= 15 is 0 Å². The molecule has 0 saturated carbocycles. The molecule has 2 heterocycles. The van der Waals surface area contributed by atoms with Crippen LogP contribution >= 0.6 is 0 Å². The van der Waals surface area contributed by atoms with Crippen molar-refractivity contribution in [1.29, 1.82) is 0 Å². The number of amides is 11. The van der Waals surface area contributed by atoms with Crippen LogP contribution in [0.5, 0.6) is 5.75 Å². The number of aromatic nitrogens is 3. The lowest BCUT2D eigenvalue weighted by Crippen LogP contribution is -2.63. The zero-order chi connectivity index (χ0) is 85.1. The second-order valence-electron chi connectivity index (χ2n) is 30.4. The first kappa shape index (κ1) is 96.2. The van der Waals surface area contributed by atoms with Gasteiger partial charge < -0.3 is 105 Å². The molecule has 33 nitrogen and oxygen atoms in total. The number of aromatic hydroxyl groups is 1. The van der Waals surface area contributed by atoms with E-state index in [-0.39, 0.29) is 68.2 Å². The number of aliphatic hydroxyl groups is 3. The number of phenolic OH excluding ortho intramolecular Hbond substituents is 1. The van der Waals surface area contributed by atoms with Crippen LogP contribution in [0.2, 0.25) is 0 Å². The number of unbranched alkanes of at least 4 members (excludes halogenated alkanes) is 14. The zero-order valence-electron chi connectivity index (χ0n) is 67.9. The highest BCUT2D eigenvalue weighted by atomic mass is 16.4. The predicted molar refractivity (Wildman–Crippen MR) is 437 cm³/mol. The van der Waals surface area contributed by atoms with Gasteiger partial charge in [-0.25, -0.2) is 9.78 Å². The summed E-state index contributed by atoms with van der Waals surface area (Å²) in [6, 6.07) is 4.38. The van der Waals surface area contributed by atoms with E-state index in [1.54, 1.807) is 74.6 Å². The number of aromatic amines is 2. The molecule has 0 fully saturated rings. The molecule has 0 spiro atoms. The average molecular weight is 1620 g/mol. The quantitative estimate of drug-likeness (QED) is 0.0249. The molecule has 5 aromatic rings. The van der Waals surface area contributed by atoms with Gasteiger partial charge in [0.15, 0.2) is 0 Å². The average Bonchev–Trinajstić information content (AvgIpc) is 1.68. The lowest BCUT2D eigenvalue weighted by Gasteiger charge is -2.29. The number of carboxylic acids is 1. The summed E-state index contributed by atoms with van der Waals surface area (Å²) in [4.78, 5) is 178. The van der Waals surface area contributed by atoms with E-state index in [2.05, 4.69) is 80.4 Å². The Labute approximate surface area is 678 Å². The van der Waals surface area contributed by atoms with Gasteiger partial charge in [0.05, 0.1) is 31.2 Å². The number of fused-ring (bicyclic) bond motifs is 1. The summed E-state index contributed by atoms with van der Waals surface area (Å²) in [5.74, 6) is -11.5. The third-order valence-electron chi connectivity index (χ3n) is 20.0. The van der Waals surface area contributed by atoms with E-state index in [1.807, 2.05) is 0 Å². The van der Waals surface area contributed by atoms with Gasteiger partial charge in [-0.3, -0.25) is 52.7 Å². The fraction of sp³-hybridized carbons (Fsp3) is 0.578. The van der Waals surface area contributed by atoms with Crippen molar-refractivity contribution in [2.75, 3.05) is 19.7 Å². The maximum absolute atomic E-state index is 14.8. The molecule has 0 radical (unpaired) electrons. The van der Waals surface area contributed by atoms with Crippen LogP contribution in [-0.2, 0) is 83.2 Å². The van der Waals surface area contributed by atoms with Crippen molar-refractivity contribution in [2.45, 2.75) is 281 Å². The van der Waals surface area contributed by atoms with Crippen molar-refractivity contribution in [1.82, 2.24) is 73.4 Å². The van der Waals surface area contributed by atoms with E-state index in [4.69, 9.17) is 11.5 Å². The summed E-state index contributed by atoms with van der Waals surface area (Å²) in [7, 11) is 0. The summed E-state index contributed by atoms with van der Waals surface area (Å²) >= 11 is 0. The number of aliphatic hydroxyl groups excluding tert-OH is 3. The molecular weight excluding hydrogens is 1490 g/mol. The molecule has 5 rings (SSSR count). The van der Waals surface area contributed by atoms with Crippen molar-refractivity contribution in [2.24, 2.45) is 17.4 Å². The first-order chi connectivity index (χ1) is 55.5. The van der Waals surface area contributed by atoms with E-state index < -0.39 is 150 Å². The number of nitrogens with two attached hydrogens (primary N) is 2. The van der Waals surface area contributed by atoms with Crippen LogP contribution in [0.1, 0.15) is 199 Å². The van der Waals surface area contributed by atoms with Crippen LogP contribution in [0.3, 0.4) is 0 Å². The standard InChI is InChI=1S/C83H126N16O17/c1-7-8-9-10-11-12-13-14-15-16-17-18-22-35-70(104)87-41-28-26-34-63(83(115)116)91-76(108)64(42-51(2)3)93-77(109)66(44-56-36-38-59(103)39-37-56)95-81(113)71(53(5)101)98-73(105)52(4)90-75(107)67(45-57-47-88-62-33-24-23-31-60(57)62)94-79(111)68(46-58-48-86-50-89-58)96-82(114)72(54(6)102)99-80(112)69(49-100)97-78(110)65(43-55-29-20-19-21-30-55)92-74(106)61(85)32-25-27-40-84/h19-21,23-24,29-31,33,36-39,47-48,50-54,61,63-69,71-72,88,100-103H,7-18,22,25-28,32,34-35,40-46,49,84-85H2,1-6H3,(H,86,89)(H,87,104)(H,90,107)(H,91,108)(H,92,106)(H,93,109)(H,94,111)(H,95,113)(H,96,114)(H,97,110)(H,98,105)(H,99,112)(H,115,116)/t52-,53+,54+,61-,63-,64-,65-,66-,67-,68-,69-,71-,72-/m1/s1. The molecule has 33 heteroatoms. The van der Waals surface area contributed by atoms with Crippen molar-refractivity contribution in [3.8, 4) is 5.75 Å². The second kappa shape index (κ2) is 52.3. The van der Waals surface area contributed by atoms with Crippen LogP contribution in [0, 0.1) is 5.92 Å². The van der Waals surface area contributed by atoms with Crippen LogP contribution in [-0.4, -0.2) is 210 Å². The SMILES string of the molecule is CCCCCCCCCCCCCCCC(=O)NCCCC[C@@H](NC(=O)[C@@H](CC(C)C)NC(=O)[C@@H](Cc1ccc(O)cc1)NC(=O)[C@H](NC(=O)[C@@H](C)NC(=O)[C@@H](Cc1c[nH]c2ccccc12)NC(=O)[C@@H](Cc1cnc[nH]1)NC(=O)[C@H](NC(=O)[C@@H](CO)NC(=O)[C@@H](Cc1ccccc1)NC(=O)[C@H](N)CCCCN)[C@H](C)O)[C@H](C)O)C(=O)O. The Morgan fingerprint density at radius 1 is 0.466 bits per heavy atom. The number of H-pyrrole nitrogens is 2. The zero-order valence-corrected chi connectivity index (χ0v) is 67.9. The Hall–Kier alpha value is -10.3. The van der Waals surface area contributed by atoms with Gasteiger partial charge in [-0.05, 0) is 113 Å². The maximum atomic E-state index is 14.8. The van der Waals surface area contributed by atoms with Gasteiger partial charge in [-0.1, -0.05) is 165 Å². The Morgan fingerprint density at radius 2 is 0.940 bits per heavy atom. The van der Waals surface area contributed by atoms with Crippen molar-refractivity contribution in [3.05, 3.63) is 120 Å². The van der Waals surface area contributed by atoms with E-state index in [0.29, 0.717) is 72.8 Å². The van der Waals surface area contributed by atoms with E-state index in [9.17, 15) is 83.1 Å². The maximum Gasteiger partial charge on any atom is 0.326 e. The van der Waals surface area contributed by atoms with Gasteiger partial charge in [-0.2, -0.15) is 0 Å². The molecule has 116 heavy (non-hydrogen) atoms. The van der Waals surface area contributed by atoms with Gasteiger partial charge in [0.2, 0.25) is 65.0 Å². The van der Waals surface area contributed by atoms with Crippen LogP contribution in [0.4, 0.5) is 0 Å². The number of hydrogen-bond acceptors (Lipinski definition) is 19. The molecule has 0 aliphatic carbocycles. The van der Waals surface area contributed by atoms with Crippen LogP contribution in [0.15, 0.2) is 97.6 Å². The number of nitrogens with one attached hydrogen (secondary N) is 13. The number of carboxylic acid groups (broad SMARTS) is 1. The fourth-order valence-electron chi connectivity index (χ4n) is 13.2. The predicted octanol–water partition coefficient (Wildman–Crippen LogP) is 2.84. The first-order valence-corrected chi connectivity index (χ1v) is 40.8. The minimum Gasteiger partial charge on any atom is -0.508 e. The number of rotatable bonds is 57. The number of benzene rings is 3. The van der Waals surface area contributed by atoms with Gasteiger partial charge in [0.25, 0.3) is 0 Å². The van der Waals surface area contributed by atoms with E-state index in [1.165, 1.54) is 108 Å². The molecule has 0 saturated heterocycles. The number of imidazole rings is 1. The lowest BCUT2D eigenvalue weighted by atomic mass is 10.00. The third kappa shape index (κ3) is 35.0. The Balaban J connectivity index is 1.27. The van der Waals surface area contributed by atoms with Gasteiger partial charge in [0.1, 0.15) is 66.2 Å². The molecule has 0 aliphatic heterocycles. The van der Waals surface area contributed by atoms with Gasteiger partial charge in [-0.15, -0.1) is 0 Å². The topological polar surface area (TPSA) is 535 Å². The number of nitrogens with zero attached hydrogens (tertiary/aromatic N) is 1. The largest absolute Gasteiger partial charge is 0.508 e. The Bertz CT molecular complexity index is 3860. The number of carbonyl (C=O) groups excluding carboxylic acids is 11. The number of phenols is 1. The third-order valence-corrected chi connectivity index (χ3v) is 20.0. The van der Waals surface area contributed by atoms with E-state index in [0.717, 1.165) is 32.6 Å². The summed E-state index contributed by atoms with van der Waals surface area (Å²) in [6.07, 6.45) is 17.9. The Morgan fingerprint density at radius 3 is 1.49 bits per heavy atom. The molecule has 22 N–H and O–H groups in total. The highest BCUT2D eigenvalue weighted by Gasteiger charge is 2.38. The molecular formula is C83H126N16O17. The molecule has 640 valence electrons. The minimum atomic E-state index is -1.88. The lowest BCUT2D eigenvalue weighted by molar-refractivity contribution is -0.142. The molecule has 13 atom stereocenters.